The highest BCUT2D eigenvalue weighted by Crippen LogP contribution is 2.38. The molecule has 0 unspecified atom stereocenters. The molecule has 0 spiro atoms. The first-order valence-electron chi connectivity index (χ1n) is 11.7. The van der Waals surface area contributed by atoms with Gasteiger partial charge in [-0.3, -0.25) is 0 Å². The average Bonchev–Trinajstić information content (AvgIpc) is 3.40. The molecular formula is C25H25FN4O6S. The number of ether oxygens (including phenoxy) is 2. The lowest BCUT2D eigenvalue weighted by molar-refractivity contribution is -0.0227. The highest BCUT2D eigenvalue weighted by molar-refractivity contribution is 7.20. The molecule has 0 radical (unpaired) electrons. The first-order chi connectivity index (χ1) is 17.9. The number of carbonyl (C=O) groups excluding carboxylic acids is 1. The molecule has 10 nitrogen and oxygen atoms in total. The third kappa shape index (κ3) is 4.89. The fourth-order valence-electron chi connectivity index (χ4n) is 4.44. The van der Waals surface area contributed by atoms with E-state index in [-0.39, 0.29) is 17.1 Å². The molecule has 3 heterocycles. The molecule has 1 fully saturated rings. The number of aromatic hydroxyl groups is 2. The van der Waals surface area contributed by atoms with Gasteiger partial charge in [0.2, 0.25) is 11.8 Å². The molecule has 4 aromatic rings. The molecule has 0 aliphatic heterocycles. The van der Waals surface area contributed by atoms with E-state index < -0.39 is 23.5 Å². The van der Waals surface area contributed by atoms with Crippen LogP contribution in [0.5, 0.6) is 17.5 Å². The smallest absolute Gasteiger partial charge is 0.374 e. The molecule has 0 bridgehead atoms. The van der Waals surface area contributed by atoms with Crippen molar-refractivity contribution in [3.8, 4) is 17.5 Å². The highest BCUT2D eigenvalue weighted by Gasteiger charge is 2.28. The summed E-state index contributed by atoms with van der Waals surface area (Å²) in [7, 11) is 1.65. The summed E-state index contributed by atoms with van der Waals surface area (Å²) in [4.78, 5) is 27.4. The number of hydrogen-bond acceptors (Lipinski definition) is 10. The second kappa shape index (κ2) is 10.2. The van der Waals surface area contributed by atoms with Gasteiger partial charge in [-0.2, -0.15) is 0 Å². The Kier molecular flexibility index (Phi) is 6.85. The summed E-state index contributed by atoms with van der Waals surface area (Å²) in [5.41, 5.74) is 1.04. The molecule has 3 aromatic heterocycles. The van der Waals surface area contributed by atoms with Crippen molar-refractivity contribution in [2.45, 2.75) is 44.8 Å². The fraction of sp³-hybridized carbons (Fsp3) is 0.320. The lowest BCUT2D eigenvalue weighted by atomic mass is 9.94. The number of benzene rings is 1. The van der Waals surface area contributed by atoms with E-state index in [9.17, 15) is 19.4 Å². The van der Waals surface area contributed by atoms with Crippen LogP contribution in [-0.4, -0.2) is 50.2 Å². The number of anilines is 2. The van der Waals surface area contributed by atoms with Crippen LogP contribution in [0.25, 0.3) is 10.2 Å². The predicted octanol–water partition coefficient (Wildman–Crippen LogP) is 4.70. The van der Waals surface area contributed by atoms with Gasteiger partial charge in [-0.25, -0.2) is 19.2 Å². The van der Waals surface area contributed by atoms with Crippen molar-refractivity contribution in [3.05, 3.63) is 52.9 Å². The van der Waals surface area contributed by atoms with E-state index in [0.29, 0.717) is 37.8 Å². The van der Waals surface area contributed by atoms with Gasteiger partial charge in [0.25, 0.3) is 0 Å². The first kappa shape index (κ1) is 24.8. The van der Waals surface area contributed by atoms with E-state index in [2.05, 4.69) is 15.3 Å². The average molecular weight is 529 g/mol. The Labute approximate surface area is 215 Å². The largest absolute Gasteiger partial charge is 0.492 e. The lowest BCUT2D eigenvalue weighted by Crippen LogP contribution is -2.36. The number of aromatic nitrogens is 3. The van der Waals surface area contributed by atoms with Crippen LogP contribution in [0.4, 0.5) is 15.9 Å². The van der Waals surface area contributed by atoms with Crippen LogP contribution in [0.15, 0.2) is 36.7 Å². The zero-order valence-electron chi connectivity index (χ0n) is 20.1. The number of carbonyl (C=O) groups is 1. The van der Waals surface area contributed by atoms with Gasteiger partial charge in [-0.05, 0) is 43.9 Å². The molecule has 2 atom stereocenters. The van der Waals surface area contributed by atoms with E-state index in [1.807, 2.05) is 0 Å². The number of nitrogens with one attached hydrogen (secondary N) is 1. The Hall–Kier alpha value is -3.90. The molecule has 1 aliphatic carbocycles. The summed E-state index contributed by atoms with van der Waals surface area (Å²) in [6.07, 6.45) is 4.79. The van der Waals surface area contributed by atoms with Crippen LogP contribution in [0.3, 0.4) is 0 Å². The standard InChI is InChI=1S/C25H25FN4O6S/c1-13-21-23(27-12-28-24(21)37-22(13)25(33)36-30-19(31)9-10-20(30)32)29-15-8-7-14(26)11-18(15)35-17-6-4-3-5-16(17)34-2/h7-12,16-17,31-32H,3-6H2,1-2H3,(H,27,28,29)/t16-,17-/m0/s1. The van der Waals surface area contributed by atoms with Gasteiger partial charge in [0.15, 0.2) is 0 Å². The zero-order chi connectivity index (χ0) is 26.1. The van der Waals surface area contributed by atoms with E-state index >= 15 is 0 Å². The number of methoxy groups -OCH3 is 1. The molecular weight excluding hydrogens is 503 g/mol. The lowest BCUT2D eigenvalue weighted by Gasteiger charge is -2.31. The van der Waals surface area contributed by atoms with Crippen molar-refractivity contribution in [3.63, 3.8) is 0 Å². The summed E-state index contributed by atoms with van der Waals surface area (Å²) < 4.78 is 26.6. The van der Waals surface area contributed by atoms with Crippen molar-refractivity contribution >= 4 is 39.0 Å². The quantitative estimate of drug-likeness (QED) is 0.313. The number of thiophene rings is 1. The minimum atomic E-state index is -0.790. The number of nitrogens with zero attached hydrogens (tertiary/aromatic N) is 3. The SMILES string of the molecule is CO[C@H]1CCCC[C@@H]1Oc1cc(F)ccc1Nc1ncnc2sc(C(=O)On3c(O)ccc3O)c(C)c12. The minimum Gasteiger partial charge on any atom is -0.492 e. The molecule has 0 saturated heterocycles. The molecule has 5 rings (SSSR count). The zero-order valence-corrected chi connectivity index (χ0v) is 20.9. The van der Waals surface area contributed by atoms with Gasteiger partial charge in [0.05, 0.1) is 17.2 Å². The van der Waals surface area contributed by atoms with Gasteiger partial charge >= 0.3 is 5.97 Å². The van der Waals surface area contributed by atoms with Crippen LogP contribution in [-0.2, 0) is 4.74 Å². The van der Waals surface area contributed by atoms with Crippen molar-refractivity contribution in [2.75, 3.05) is 12.4 Å². The van der Waals surface area contributed by atoms with Crippen molar-refractivity contribution < 1.29 is 33.7 Å². The van der Waals surface area contributed by atoms with E-state index in [1.165, 1.54) is 30.6 Å². The maximum atomic E-state index is 14.2. The number of rotatable bonds is 7. The molecule has 37 heavy (non-hydrogen) atoms. The van der Waals surface area contributed by atoms with Crippen LogP contribution < -0.4 is 14.9 Å². The third-order valence-electron chi connectivity index (χ3n) is 6.30. The molecule has 1 saturated carbocycles. The Balaban J connectivity index is 1.46. The summed E-state index contributed by atoms with van der Waals surface area (Å²) in [6, 6.07) is 6.59. The maximum Gasteiger partial charge on any atom is 0.374 e. The predicted molar refractivity (Wildman–Crippen MR) is 134 cm³/mol. The maximum absolute atomic E-state index is 14.2. The Morgan fingerprint density at radius 2 is 1.86 bits per heavy atom. The third-order valence-corrected chi connectivity index (χ3v) is 7.48. The fourth-order valence-corrected chi connectivity index (χ4v) is 5.46. The van der Waals surface area contributed by atoms with E-state index in [1.54, 1.807) is 20.1 Å². The molecule has 1 aliphatic rings. The first-order valence-corrected chi connectivity index (χ1v) is 12.5. The normalized spacial score (nSPS) is 17.6. The van der Waals surface area contributed by atoms with Gasteiger partial charge in [-0.1, -0.05) is 6.42 Å². The molecule has 1 aromatic carbocycles. The van der Waals surface area contributed by atoms with E-state index in [4.69, 9.17) is 14.3 Å². The molecule has 12 heteroatoms. The molecule has 0 amide bonds. The van der Waals surface area contributed by atoms with Crippen LogP contribution in [0.1, 0.15) is 40.9 Å². The summed E-state index contributed by atoms with van der Waals surface area (Å²) in [6.45, 7) is 1.71. The summed E-state index contributed by atoms with van der Waals surface area (Å²) in [5.74, 6) is -1.36. The summed E-state index contributed by atoms with van der Waals surface area (Å²) >= 11 is 1.08. The van der Waals surface area contributed by atoms with Gasteiger partial charge in [0, 0.05) is 25.3 Å². The second-order valence-corrected chi connectivity index (χ2v) is 9.66. The topological polar surface area (TPSA) is 128 Å². The number of hydrogen-bond donors (Lipinski definition) is 3. The number of halogens is 1. The molecule has 194 valence electrons. The number of fused-ring (bicyclic) bond motifs is 1. The molecule has 3 N–H and O–H groups in total. The van der Waals surface area contributed by atoms with Crippen LogP contribution >= 0.6 is 11.3 Å². The van der Waals surface area contributed by atoms with Crippen LogP contribution in [0.2, 0.25) is 0 Å². The highest BCUT2D eigenvalue weighted by atomic mass is 32.1. The van der Waals surface area contributed by atoms with Crippen molar-refractivity contribution in [1.29, 1.82) is 0 Å². The monoisotopic (exact) mass is 528 g/mol. The Morgan fingerprint density at radius 1 is 1.14 bits per heavy atom. The summed E-state index contributed by atoms with van der Waals surface area (Å²) in [5, 5.41) is 23.4. The van der Waals surface area contributed by atoms with Crippen molar-refractivity contribution in [1.82, 2.24) is 14.7 Å². The van der Waals surface area contributed by atoms with E-state index in [0.717, 1.165) is 37.0 Å². The minimum absolute atomic E-state index is 0.0810. The Morgan fingerprint density at radius 3 is 2.59 bits per heavy atom. The van der Waals surface area contributed by atoms with Gasteiger partial charge in [-0.15, -0.1) is 16.1 Å². The van der Waals surface area contributed by atoms with Crippen LogP contribution in [0, 0.1) is 12.7 Å². The van der Waals surface area contributed by atoms with Crippen molar-refractivity contribution in [2.24, 2.45) is 0 Å². The number of aryl methyl sites for hydroxylation is 1. The van der Waals surface area contributed by atoms with Gasteiger partial charge < -0.3 is 29.8 Å². The second-order valence-electron chi connectivity index (χ2n) is 8.66. The van der Waals surface area contributed by atoms with Gasteiger partial charge in [0.1, 0.15) is 39.5 Å². The Bertz CT molecular complexity index is 1440.